The van der Waals surface area contributed by atoms with Gasteiger partial charge in [0.1, 0.15) is 6.04 Å². The highest BCUT2D eigenvalue weighted by molar-refractivity contribution is 5.94. The summed E-state index contributed by atoms with van der Waals surface area (Å²) in [5.41, 5.74) is 3.28. The number of carbonyl (C=O) groups excluding carboxylic acids is 1. The quantitative estimate of drug-likeness (QED) is 0.723. The average Bonchev–Trinajstić information content (AvgIpc) is 3.03. The molecule has 0 bridgehead atoms. The zero-order chi connectivity index (χ0) is 17.8. The SMILES string of the molecule is CC(C(=O)Nc1cccc(CCC(=O)O)c1)n1cnc2ccccc21. The summed E-state index contributed by atoms with van der Waals surface area (Å²) in [5.74, 6) is -0.992. The summed E-state index contributed by atoms with van der Waals surface area (Å²) in [7, 11) is 0. The lowest BCUT2D eigenvalue weighted by atomic mass is 10.1. The van der Waals surface area contributed by atoms with Crippen LogP contribution >= 0.6 is 0 Å². The van der Waals surface area contributed by atoms with E-state index in [0.29, 0.717) is 12.1 Å². The zero-order valence-electron chi connectivity index (χ0n) is 13.8. The van der Waals surface area contributed by atoms with Gasteiger partial charge >= 0.3 is 5.97 Å². The Morgan fingerprint density at radius 2 is 2.00 bits per heavy atom. The predicted molar refractivity (Wildman–Crippen MR) is 95.5 cm³/mol. The van der Waals surface area contributed by atoms with E-state index in [-0.39, 0.29) is 12.3 Å². The van der Waals surface area contributed by atoms with Crippen LogP contribution in [0.1, 0.15) is 24.9 Å². The van der Waals surface area contributed by atoms with Crippen molar-refractivity contribution in [3.8, 4) is 0 Å². The van der Waals surface area contributed by atoms with Crippen LogP contribution < -0.4 is 5.32 Å². The normalized spacial score (nSPS) is 12.0. The average molecular weight is 337 g/mol. The molecule has 0 saturated heterocycles. The number of anilines is 1. The number of hydrogen-bond acceptors (Lipinski definition) is 3. The predicted octanol–water partition coefficient (Wildman–Crippen LogP) is 3.25. The minimum Gasteiger partial charge on any atom is -0.481 e. The van der Waals surface area contributed by atoms with Crippen molar-refractivity contribution in [3.63, 3.8) is 0 Å². The molecule has 3 aromatic rings. The maximum absolute atomic E-state index is 12.6. The number of aromatic nitrogens is 2. The first-order chi connectivity index (χ1) is 12.0. The molecule has 0 aliphatic carbocycles. The first-order valence-electron chi connectivity index (χ1n) is 8.08. The highest BCUT2D eigenvalue weighted by Crippen LogP contribution is 2.19. The number of nitrogens with one attached hydrogen (secondary N) is 1. The molecule has 1 unspecified atom stereocenters. The van der Waals surface area contributed by atoms with Crippen molar-refractivity contribution < 1.29 is 14.7 Å². The Labute approximate surface area is 145 Å². The van der Waals surface area contributed by atoms with E-state index in [1.807, 2.05) is 47.9 Å². The summed E-state index contributed by atoms with van der Waals surface area (Å²) < 4.78 is 1.83. The fraction of sp³-hybridized carbons (Fsp3) is 0.211. The molecule has 0 aliphatic rings. The molecule has 1 amide bonds. The molecule has 0 saturated carbocycles. The Balaban J connectivity index is 1.73. The maximum Gasteiger partial charge on any atom is 0.303 e. The monoisotopic (exact) mass is 337 g/mol. The van der Waals surface area contributed by atoms with E-state index in [4.69, 9.17) is 5.11 Å². The molecule has 0 spiro atoms. The Bertz CT molecular complexity index is 917. The van der Waals surface area contributed by atoms with Crippen LogP contribution in [0.15, 0.2) is 54.9 Å². The van der Waals surface area contributed by atoms with Gasteiger partial charge in [0.25, 0.3) is 0 Å². The standard InChI is InChI=1S/C19H19N3O3/c1-13(22-12-20-16-7-2-3-8-17(16)22)19(25)21-15-6-4-5-14(11-15)9-10-18(23)24/h2-8,11-13H,9-10H2,1H3,(H,21,25)(H,23,24). The number of hydrogen-bond donors (Lipinski definition) is 2. The molecule has 1 atom stereocenters. The van der Waals surface area contributed by atoms with Crippen LogP contribution in [-0.2, 0) is 16.0 Å². The van der Waals surface area contributed by atoms with Crippen molar-refractivity contribution in [1.82, 2.24) is 9.55 Å². The van der Waals surface area contributed by atoms with Gasteiger partial charge in [-0.05, 0) is 43.2 Å². The van der Waals surface area contributed by atoms with Gasteiger partial charge in [-0.1, -0.05) is 24.3 Å². The lowest BCUT2D eigenvalue weighted by Gasteiger charge is -2.15. The number of imidazole rings is 1. The minimum absolute atomic E-state index is 0.0643. The smallest absolute Gasteiger partial charge is 0.303 e. The number of aliphatic carboxylic acids is 1. The van der Waals surface area contributed by atoms with Gasteiger partial charge in [-0.3, -0.25) is 9.59 Å². The van der Waals surface area contributed by atoms with E-state index in [0.717, 1.165) is 16.6 Å². The molecule has 0 fully saturated rings. The zero-order valence-corrected chi connectivity index (χ0v) is 13.8. The largest absolute Gasteiger partial charge is 0.481 e. The highest BCUT2D eigenvalue weighted by Gasteiger charge is 2.17. The van der Waals surface area contributed by atoms with Crippen LogP contribution in [0.2, 0.25) is 0 Å². The molecule has 1 aromatic heterocycles. The van der Waals surface area contributed by atoms with Crippen molar-refractivity contribution in [2.45, 2.75) is 25.8 Å². The maximum atomic E-state index is 12.6. The summed E-state index contributed by atoms with van der Waals surface area (Å²) in [6, 6.07) is 14.5. The van der Waals surface area contributed by atoms with Gasteiger partial charge in [-0.25, -0.2) is 4.98 Å². The molecule has 6 heteroatoms. The number of carboxylic acid groups (broad SMARTS) is 1. The van der Waals surface area contributed by atoms with Gasteiger partial charge in [0.15, 0.2) is 0 Å². The number of carboxylic acids is 1. The van der Waals surface area contributed by atoms with Crippen molar-refractivity contribution in [3.05, 3.63) is 60.4 Å². The number of amides is 1. The van der Waals surface area contributed by atoms with E-state index >= 15 is 0 Å². The second-order valence-corrected chi connectivity index (χ2v) is 5.90. The molecule has 0 aliphatic heterocycles. The van der Waals surface area contributed by atoms with Crippen LogP contribution in [-0.4, -0.2) is 26.5 Å². The third-order valence-corrected chi connectivity index (χ3v) is 4.10. The topological polar surface area (TPSA) is 84.2 Å². The third-order valence-electron chi connectivity index (χ3n) is 4.10. The van der Waals surface area contributed by atoms with E-state index in [9.17, 15) is 9.59 Å². The number of benzene rings is 2. The molecule has 2 N–H and O–H groups in total. The van der Waals surface area contributed by atoms with Gasteiger partial charge in [0, 0.05) is 12.1 Å². The van der Waals surface area contributed by atoms with Gasteiger partial charge in [-0.2, -0.15) is 0 Å². The molecular formula is C19H19N3O3. The van der Waals surface area contributed by atoms with Crippen LogP contribution in [0.3, 0.4) is 0 Å². The van der Waals surface area contributed by atoms with Gasteiger partial charge < -0.3 is 15.0 Å². The van der Waals surface area contributed by atoms with E-state index in [1.54, 1.807) is 18.5 Å². The molecular weight excluding hydrogens is 318 g/mol. The molecule has 2 aromatic carbocycles. The molecule has 25 heavy (non-hydrogen) atoms. The second-order valence-electron chi connectivity index (χ2n) is 5.90. The fourth-order valence-electron chi connectivity index (χ4n) is 2.72. The summed E-state index contributed by atoms with van der Waals surface area (Å²) in [6.07, 6.45) is 2.16. The van der Waals surface area contributed by atoms with Gasteiger partial charge in [0.05, 0.1) is 17.4 Å². The van der Waals surface area contributed by atoms with Gasteiger partial charge in [-0.15, -0.1) is 0 Å². The van der Waals surface area contributed by atoms with Crippen molar-refractivity contribution in [2.24, 2.45) is 0 Å². The fourth-order valence-corrected chi connectivity index (χ4v) is 2.72. The summed E-state index contributed by atoms with van der Waals surface area (Å²) >= 11 is 0. The minimum atomic E-state index is -0.838. The molecule has 1 heterocycles. The number of rotatable bonds is 6. The van der Waals surface area contributed by atoms with Crippen molar-refractivity contribution >= 4 is 28.6 Å². The van der Waals surface area contributed by atoms with Crippen LogP contribution in [0.25, 0.3) is 11.0 Å². The first kappa shape index (κ1) is 16.7. The van der Waals surface area contributed by atoms with E-state index < -0.39 is 12.0 Å². The number of carbonyl (C=O) groups is 2. The molecule has 0 radical (unpaired) electrons. The summed E-state index contributed by atoms with van der Waals surface area (Å²) in [6.45, 7) is 1.82. The Morgan fingerprint density at radius 1 is 1.20 bits per heavy atom. The van der Waals surface area contributed by atoms with Crippen LogP contribution in [0, 0.1) is 0 Å². The van der Waals surface area contributed by atoms with Crippen molar-refractivity contribution in [1.29, 1.82) is 0 Å². The first-order valence-corrected chi connectivity index (χ1v) is 8.08. The molecule has 128 valence electrons. The van der Waals surface area contributed by atoms with E-state index in [2.05, 4.69) is 10.3 Å². The summed E-state index contributed by atoms with van der Waals surface area (Å²) in [5, 5.41) is 11.7. The Morgan fingerprint density at radius 3 is 2.80 bits per heavy atom. The second kappa shape index (κ2) is 7.17. The number of aryl methyl sites for hydroxylation is 1. The lowest BCUT2D eigenvalue weighted by molar-refractivity contribution is -0.137. The Hall–Kier alpha value is -3.15. The molecule has 6 nitrogen and oxygen atoms in total. The van der Waals surface area contributed by atoms with Gasteiger partial charge in [0.2, 0.25) is 5.91 Å². The van der Waals surface area contributed by atoms with Crippen LogP contribution in [0.4, 0.5) is 5.69 Å². The van der Waals surface area contributed by atoms with Crippen LogP contribution in [0.5, 0.6) is 0 Å². The van der Waals surface area contributed by atoms with E-state index in [1.165, 1.54) is 0 Å². The molecule has 3 rings (SSSR count). The number of fused-ring (bicyclic) bond motifs is 1. The highest BCUT2D eigenvalue weighted by atomic mass is 16.4. The number of para-hydroxylation sites is 2. The third kappa shape index (κ3) is 3.85. The summed E-state index contributed by atoms with van der Waals surface area (Å²) in [4.78, 5) is 27.6. The Kier molecular flexibility index (Phi) is 4.79. The lowest BCUT2D eigenvalue weighted by Crippen LogP contribution is -2.23. The number of nitrogens with zero attached hydrogens (tertiary/aromatic N) is 2. The van der Waals surface area contributed by atoms with Crippen molar-refractivity contribution in [2.75, 3.05) is 5.32 Å².